The highest BCUT2D eigenvalue weighted by Crippen LogP contribution is 2.34. The predicted octanol–water partition coefficient (Wildman–Crippen LogP) is 7.35. The fourth-order valence-corrected chi connectivity index (χ4v) is 3.73. The molecule has 2 nitrogen and oxygen atoms in total. The van der Waals surface area contributed by atoms with Gasteiger partial charge in [0.1, 0.15) is 0 Å². The molecule has 0 saturated heterocycles. The minimum absolute atomic E-state index is 0.0642. The highest BCUT2D eigenvalue weighted by molar-refractivity contribution is 5.35. The van der Waals surface area contributed by atoms with E-state index in [1.165, 1.54) is 28.1 Å². The normalized spacial score (nSPS) is 15.3. The molecule has 0 amide bonds. The molecule has 2 rings (SSSR count). The molecule has 0 aliphatic carbocycles. The van der Waals surface area contributed by atoms with Crippen LogP contribution in [-0.4, -0.2) is 9.97 Å². The minimum atomic E-state index is 0.0642. The van der Waals surface area contributed by atoms with Gasteiger partial charge in [0.25, 0.3) is 0 Å². The lowest BCUT2D eigenvalue weighted by Gasteiger charge is -2.29. The van der Waals surface area contributed by atoms with Gasteiger partial charge in [-0.25, -0.2) is 0 Å². The van der Waals surface area contributed by atoms with Crippen LogP contribution in [0, 0.1) is 5.92 Å². The van der Waals surface area contributed by atoms with Crippen molar-refractivity contribution in [3.8, 4) is 0 Å². The molecule has 2 heterocycles. The van der Waals surface area contributed by atoms with Gasteiger partial charge in [0.15, 0.2) is 0 Å². The number of rotatable bonds is 4. The zero-order valence-electron chi connectivity index (χ0n) is 20.6. The molecule has 0 aromatic carbocycles. The van der Waals surface area contributed by atoms with Gasteiger partial charge in [0, 0.05) is 35.1 Å². The smallest absolute Gasteiger partial charge is 0.0460 e. The fourth-order valence-electron chi connectivity index (χ4n) is 3.73. The lowest BCUT2D eigenvalue weighted by Crippen LogP contribution is -2.22. The second-order valence-corrected chi connectivity index (χ2v) is 11.9. The van der Waals surface area contributed by atoms with Crippen LogP contribution in [0.15, 0.2) is 30.6 Å². The molecule has 29 heavy (non-hydrogen) atoms. The van der Waals surface area contributed by atoms with E-state index < -0.39 is 0 Å². The molecule has 0 fully saturated rings. The summed E-state index contributed by atoms with van der Waals surface area (Å²) in [5, 5.41) is 0. The van der Waals surface area contributed by atoms with Gasteiger partial charge in [0.05, 0.1) is 0 Å². The maximum Gasteiger partial charge on any atom is 0.0460 e. The van der Waals surface area contributed by atoms with E-state index in [0.29, 0.717) is 11.8 Å². The van der Waals surface area contributed by atoms with Gasteiger partial charge >= 0.3 is 0 Å². The number of pyridine rings is 2. The van der Waals surface area contributed by atoms with Crippen molar-refractivity contribution in [3.63, 3.8) is 0 Å². The van der Waals surface area contributed by atoms with Crippen molar-refractivity contribution in [2.24, 2.45) is 5.92 Å². The first kappa shape index (κ1) is 23.6. The third-order valence-corrected chi connectivity index (χ3v) is 6.07. The van der Waals surface area contributed by atoms with Gasteiger partial charge in [-0.05, 0) is 58.1 Å². The molecule has 160 valence electrons. The van der Waals surface area contributed by atoms with Crippen molar-refractivity contribution in [2.45, 2.75) is 105 Å². The average Bonchev–Trinajstić information content (AvgIpc) is 2.58. The molecule has 2 atom stereocenters. The van der Waals surface area contributed by atoms with E-state index in [-0.39, 0.29) is 16.2 Å². The van der Waals surface area contributed by atoms with Crippen LogP contribution in [0.1, 0.15) is 110 Å². The molecule has 0 bridgehead atoms. The average molecular weight is 395 g/mol. The van der Waals surface area contributed by atoms with Gasteiger partial charge in [-0.3, -0.25) is 9.97 Å². The van der Waals surface area contributed by atoms with Crippen molar-refractivity contribution >= 4 is 0 Å². The zero-order valence-corrected chi connectivity index (χ0v) is 20.6. The second kappa shape index (κ2) is 8.20. The van der Waals surface area contributed by atoms with E-state index in [2.05, 4.69) is 101 Å². The summed E-state index contributed by atoms with van der Waals surface area (Å²) in [6.07, 6.45) is 5.12. The van der Waals surface area contributed by atoms with E-state index in [4.69, 9.17) is 9.97 Å². The third-order valence-electron chi connectivity index (χ3n) is 6.07. The topological polar surface area (TPSA) is 25.8 Å². The molecule has 1 unspecified atom stereocenters. The van der Waals surface area contributed by atoms with Crippen molar-refractivity contribution in [2.75, 3.05) is 0 Å². The fraction of sp³-hybridized carbons (Fsp3) is 0.630. The number of hydrogen-bond acceptors (Lipinski definition) is 2. The summed E-state index contributed by atoms with van der Waals surface area (Å²) in [5.74, 6) is 0.883. The van der Waals surface area contributed by atoms with Crippen LogP contribution < -0.4 is 0 Å². The molecule has 0 saturated carbocycles. The number of aromatic nitrogens is 2. The SMILES string of the molecule is CC(Cc1cnc(C(C)(C)C)cc1C(C)(C)C)[C@H](C)c1cc(C(C)(C)C)ccn1. The van der Waals surface area contributed by atoms with E-state index in [1.54, 1.807) is 0 Å². The Balaban J connectivity index is 2.34. The van der Waals surface area contributed by atoms with E-state index in [0.717, 1.165) is 6.42 Å². The molecule has 0 N–H and O–H groups in total. The van der Waals surface area contributed by atoms with Crippen LogP contribution >= 0.6 is 0 Å². The molecule has 0 aliphatic rings. The van der Waals surface area contributed by atoms with Crippen LogP contribution in [0.4, 0.5) is 0 Å². The van der Waals surface area contributed by atoms with E-state index in [1.807, 2.05) is 6.20 Å². The van der Waals surface area contributed by atoms with Crippen LogP contribution in [0.3, 0.4) is 0 Å². The van der Waals surface area contributed by atoms with Crippen molar-refractivity contribution in [3.05, 3.63) is 58.7 Å². The van der Waals surface area contributed by atoms with Gasteiger partial charge in [-0.15, -0.1) is 0 Å². The summed E-state index contributed by atoms with van der Waals surface area (Å²) in [5.41, 5.74) is 6.83. The minimum Gasteiger partial charge on any atom is -0.261 e. The predicted molar refractivity (Wildman–Crippen MR) is 126 cm³/mol. The van der Waals surface area contributed by atoms with Gasteiger partial charge in [-0.2, -0.15) is 0 Å². The van der Waals surface area contributed by atoms with Gasteiger partial charge < -0.3 is 0 Å². The standard InChI is InChI=1S/C27H42N2/c1-18(19(2)23-15-21(12-13-28-23)25(3,4)5)14-20-17-29-24(27(9,10)11)16-22(20)26(6,7)8/h12-13,15-19H,14H2,1-11H3/t18?,19-/m0/s1. The first-order chi connectivity index (χ1) is 13.1. The highest BCUT2D eigenvalue weighted by atomic mass is 14.7. The van der Waals surface area contributed by atoms with Crippen LogP contribution in [-0.2, 0) is 22.7 Å². The largest absolute Gasteiger partial charge is 0.261 e. The van der Waals surface area contributed by atoms with Gasteiger partial charge in [0.2, 0.25) is 0 Å². The second-order valence-electron chi connectivity index (χ2n) is 11.9. The van der Waals surface area contributed by atoms with Crippen LogP contribution in [0.5, 0.6) is 0 Å². The maximum atomic E-state index is 4.84. The first-order valence-corrected chi connectivity index (χ1v) is 11.1. The molecular formula is C27H42N2. The van der Waals surface area contributed by atoms with Crippen LogP contribution in [0.2, 0.25) is 0 Å². The van der Waals surface area contributed by atoms with Crippen molar-refractivity contribution in [1.29, 1.82) is 0 Å². The Morgan fingerprint density at radius 2 is 1.41 bits per heavy atom. The molecule has 0 radical (unpaired) electrons. The van der Waals surface area contributed by atoms with Crippen LogP contribution in [0.25, 0.3) is 0 Å². The summed E-state index contributed by atoms with van der Waals surface area (Å²) in [6.45, 7) is 25.1. The highest BCUT2D eigenvalue weighted by Gasteiger charge is 2.26. The summed E-state index contributed by atoms with van der Waals surface area (Å²) in [7, 11) is 0. The monoisotopic (exact) mass is 394 g/mol. The Morgan fingerprint density at radius 3 is 1.93 bits per heavy atom. The molecule has 0 spiro atoms. The summed E-state index contributed by atoms with van der Waals surface area (Å²) >= 11 is 0. The lowest BCUT2D eigenvalue weighted by atomic mass is 9.78. The molecule has 0 aliphatic heterocycles. The molecular weight excluding hydrogens is 352 g/mol. The number of hydrogen-bond donors (Lipinski definition) is 0. The maximum absolute atomic E-state index is 4.84. The Labute approximate surface area is 179 Å². The first-order valence-electron chi connectivity index (χ1n) is 11.1. The molecule has 2 aromatic rings. The van der Waals surface area contributed by atoms with E-state index >= 15 is 0 Å². The Morgan fingerprint density at radius 1 is 0.793 bits per heavy atom. The quantitative estimate of drug-likeness (QED) is 0.541. The van der Waals surface area contributed by atoms with Crippen molar-refractivity contribution in [1.82, 2.24) is 9.97 Å². The summed E-state index contributed by atoms with van der Waals surface area (Å²) in [6, 6.07) is 6.78. The Kier molecular flexibility index (Phi) is 6.67. The Bertz CT molecular complexity index is 829. The lowest BCUT2D eigenvalue weighted by molar-refractivity contribution is 0.464. The summed E-state index contributed by atoms with van der Waals surface area (Å²) in [4.78, 5) is 9.56. The van der Waals surface area contributed by atoms with Crippen molar-refractivity contribution < 1.29 is 0 Å². The molecule has 2 heteroatoms. The zero-order chi connectivity index (χ0) is 22.2. The molecule has 2 aromatic heterocycles. The number of nitrogens with zero attached hydrogens (tertiary/aromatic N) is 2. The summed E-state index contributed by atoms with van der Waals surface area (Å²) < 4.78 is 0. The Hall–Kier alpha value is -1.70. The van der Waals surface area contributed by atoms with Gasteiger partial charge in [-0.1, -0.05) is 76.2 Å². The third kappa shape index (κ3) is 5.90. The van der Waals surface area contributed by atoms with E-state index in [9.17, 15) is 0 Å².